The zero-order chi connectivity index (χ0) is 50.6. The Bertz CT molecular complexity index is 1680. The van der Waals surface area contributed by atoms with Gasteiger partial charge in [0.2, 0.25) is 53.2 Å². The largest absolute Gasteiger partial charge is 0.370 e. The van der Waals surface area contributed by atoms with Crippen molar-refractivity contribution in [3.05, 3.63) is 0 Å². The fraction of sp³-hybridized carbons (Fsp3) is 0.562. The van der Waals surface area contributed by atoms with Crippen LogP contribution in [-0.2, 0) is 43.2 Å². The van der Waals surface area contributed by atoms with E-state index in [1.807, 2.05) is 0 Å². The van der Waals surface area contributed by atoms with Gasteiger partial charge in [-0.2, -0.15) is 0 Å². The number of nitrogens with two attached hydrogens (primary N) is 2. The molecule has 362 valence electrons. The van der Waals surface area contributed by atoms with Gasteiger partial charge in [-0.25, -0.2) is 0 Å². The van der Waals surface area contributed by atoms with Gasteiger partial charge in [-0.3, -0.25) is 43.2 Å². The van der Waals surface area contributed by atoms with E-state index in [2.05, 4.69) is 78.1 Å². The molecule has 0 atom stereocenters. The van der Waals surface area contributed by atoms with Gasteiger partial charge in [0.25, 0.3) is 0 Å². The van der Waals surface area contributed by atoms with E-state index >= 15 is 0 Å². The van der Waals surface area contributed by atoms with Crippen LogP contribution >= 0.6 is 0 Å². The standard InChI is InChI=1S/C48H66N10O9/c1-7-31-51-38(60)16-25-47(26-17-39(61)52-32-8-2,27-18-40(62)53-33-9-3)57-44(66)14-23-46(50,22-13-37(49)59)24-15-45(67)58-48(28-19-41(63)54-34-10-4,29-20-42(64)55-35-11-5)30-21-43(65)56-36-12-6/h1-6H,13-36,50H2,(H2,49,59)(H,51,60)(H,52,61)(H,53,62)(H,54,63)(H,55,64)(H,56,65)(H,57,66)(H,58,67). The van der Waals surface area contributed by atoms with Gasteiger partial charge >= 0.3 is 0 Å². The predicted molar refractivity (Wildman–Crippen MR) is 252 cm³/mol. The molecule has 0 aliphatic rings. The van der Waals surface area contributed by atoms with E-state index in [4.69, 9.17) is 50.0 Å². The lowest BCUT2D eigenvalue weighted by atomic mass is 9.81. The first-order valence-electron chi connectivity index (χ1n) is 21.8. The molecule has 0 saturated carbocycles. The molecule has 0 spiro atoms. The Morgan fingerprint density at radius 3 is 0.716 bits per heavy atom. The Morgan fingerprint density at radius 1 is 0.328 bits per heavy atom. The molecule has 0 fully saturated rings. The van der Waals surface area contributed by atoms with E-state index in [9.17, 15) is 43.2 Å². The fourth-order valence-electron chi connectivity index (χ4n) is 6.86. The second-order valence-electron chi connectivity index (χ2n) is 15.9. The van der Waals surface area contributed by atoms with Gasteiger partial charge in [0.1, 0.15) is 0 Å². The molecular weight excluding hydrogens is 861 g/mol. The lowest BCUT2D eigenvalue weighted by Crippen LogP contribution is -2.52. The molecule has 9 amide bonds. The number of hydrogen-bond donors (Lipinski definition) is 10. The van der Waals surface area contributed by atoms with Crippen LogP contribution in [0.5, 0.6) is 0 Å². The average molecular weight is 927 g/mol. The summed E-state index contributed by atoms with van der Waals surface area (Å²) in [6.07, 6.45) is 29.9. The van der Waals surface area contributed by atoms with Crippen LogP contribution in [0, 0.1) is 74.1 Å². The summed E-state index contributed by atoms with van der Waals surface area (Å²) < 4.78 is 0. The molecule has 0 rings (SSSR count). The molecular formula is C48H66N10O9. The number of nitrogens with one attached hydrogen (secondary N) is 8. The van der Waals surface area contributed by atoms with Gasteiger partial charge in [0, 0.05) is 74.4 Å². The van der Waals surface area contributed by atoms with E-state index in [1.54, 1.807) is 0 Å². The van der Waals surface area contributed by atoms with Crippen molar-refractivity contribution in [3.8, 4) is 74.1 Å². The number of terminal acetylenes is 6. The highest BCUT2D eigenvalue weighted by Crippen LogP contribution is 2.30. The Morgan fingerprint density at radius 2 is 0.522 bits per heavy atom. The molecule has 0 aliphatic carbocycles. The average Bonchev–Trinajstić information content (AvgIpc) is 3.31. The lowest BCUT2D eigenvalue weighted by molar-refractivity contribution is -0.128. The van der Waals surface area contributed by atoms with Crippen molar-refractivity contribution in [2.24, 2.45) is 11.5 Å². The molecule has 67 heavy (non-hydrogen) atoms. The SMILES string of the molecule is C#CCNC(=O)CCC(CCC(=O)NCC#C)(CCC(=O)NCC#C)NC(=O)CCC(N)(CCC(N)=O)CCC(=O)NC(CCC(=O)NCC#C)(CCC(=O)NCC#C)CCC(=O)NCC#C. The van der Waals surface area contributed by atoms with E-state index in [0.29, 0.717) is 0 Å². The van der Waals surface area contributed by atoms with Gasteiger partial charge in [-0.15, -0.1) is 38.5 Å². The molecule has 19 nitrogen and oxygen atoms in total. The number of hydrogen-bond acceptors (Lipinski definition) is 10. The Kier molecular flexibility index (Phi) is 30.2. The summed E-state index contributed by atoms with van der Waals surface area (Å²) >= 11 is 0. The molecule has 0 unspecified atom stereocenters. The van der Waals surface area contributed by atoms with Crippen LogP contribution < -0.4 is 54.0 Å². The second kappa shape index (κ2) is 34.0. The van der Waals surface area contributed by atoms with E-state index in [0.717, 1.165) is 0 Å². The summed E-state index contributed by atoms with van der Waals surface area (Å²) in [7, 11) is 0. The lowest BCUT2D eigenvalue weighted by Gasteiger charge is -2.37. The van der Waals surface area contributed by atoms with Crippen LogP contribution in [-0.4, -0.2) is 109 Å². The third-order valence-electron chi connectivity index (χ3n) is 10.7. The van der Waals surface area contributed by atoms with Gasteiger partial charge in [-0.1, -0.05) is 35.5 Å². The molecule has 12 N–H and O–H groups in total. The minimum atomic E-state index is -1.35. The van der Waals surface area contributed by atoms with Crippen molar-refractivity contribution in [1.29, 1.82) is 0 Å². The normalized spacial score (nSPS) is 10.6. The van der Waals surface area contributed by atoms with E-state index < -0.39 is 69.8 Å². The monoisotopic (exact) mass is 927 g/mol. The van der Waals surface area contributed by atoms with Crippen molar-refractivity contribution in [3.63, 3.8) is 0 Å². The van der Waals surface area contributed by atoms with Crippen LogP contribution in [0.2, 0.25) is 0 Å². The highest BCUT2D eigenvalue weighted by atomic mass is 16.2. The number of primary amides is 1. The molecule has 0 aromatic heterocycles. The molecule has 0 heterocycles. The molecule has 0 aromatic rings. The molecule has 0 aliphatic heterocycles. The highest BCUT2D eigenvalue weighted by molar-refractivity contribution is 5.82. The zero-order valence-corrected chi connectivity index (χ0v) is 38.3. The molecule has 0 bridgehead atoms. The summed E-state index contributed by atoms with van der Waals surface area (Å²) in [5, 5.41) is 21.2. The van der Waals surface area contributed by atoms with Gasteiger partial charge in [-0.05, 0) is 57.8 Å². The maximum absolute atomic E-state index is 13.9. The summed E-state index contributed by atoms with van der Waals surface area (Å²) in [4.78, 5) is 116. The van der Waals surface area contributed by atoms with Gasteiger partial charge in [0.05, 0.1) is 39.3 Å². The fourth-order valence-corrected chi connectivity index (χ4v) is 6.86. The Labute approximate surface area is 394 Å². The van der Waals surface area contributed by atoms with Crippen molar-refractivity contribution < 1.29 is 43.2 Å². The first-order chi connectivity index (χ1) is 31.8. The Hall–Kier alpha value is -7.45. The van der Waals surface area contributed by atoms with Gasteiger partial charge in [0.15, 0.2) is 0 Å². The quantitative estimate of drug-likeness (QED) is 0.0325. The van der Waals surface area contributed by atoms with Crippen LogP contribution in [0.4, 0.5) is 0 Å². The molecule has 0 radical (unpaired) electrons. The smallest absolute Gasteiger partial charge is 0.220 e. The van der Waals surface area contributed by atoms with E-state index in [-0.39, 0.29) is 155 Å². The number of carbonyl (C=O) groups excluding carboxylic acids is 9. The predicted octanol–water partition coefficient (Wildman–Crippen LogP) is -1.60. The molecule has 19 heteroatoms. The topological polar surface area (TPSA) is 302 Å². The molecule has 0 saturated heterocycles. The van der Waals surface area contributed by atoms with Crippen molar-refractivity contribution >= 4 is 53.2 Å². The van der Waals surface area contributed by atoms with Crippen molar-refractivity contribution in [2.45, 2.75) is 132 Å². The summed E-state index contributed by atoms with van der Waals surface area (Å²) in [5.74, 6) is 9.35. The number of carbonyl (C=O) groups is 9. The first-order valence-corrected chi connectivity index (χ1v) is 21.8. The first kappa shape index (κ1) is 59.5. The summed E-state index contributed by atoms with van der Waals surface area (Å²) in [6.45, 7) is -0.315. The summed E-state index contributed by atoms with van der Waals surface area (Å²) in [5.41, 5.74) is 8.40. The minimum absolute atomic E-state index is 0.0138. The second-order valence-corrected chi connectivity index (χ2v) is 15.9. The Balaban J connectivity index is 6.72. The van der Waals surface area contributed by atoms with Crippen LogP contribution in [0.1, 0.15) is 116 Å². The number of rotatable bonds is 35. The summed E-state index contributed by atoms with van der Waals surface area (Å²) in [6, 6.07) is 0. The highest BCUT2D eigenvalue weighted by Gasteiger charge is 2.37. The third-order valence-corrected chi connectivity index (χ3v) is 10.7. The van der Waals surface area contributed by atoms with Crippen molar-refractivity contribution in [2.75, 3.05) is 39.3 Å². The third kappa shape index (κ3) is 28.9. The maximum atomic E-state index is 13.9. The van der Waals surface area contributed by atoms with Crippen LogP contribution in [0.15, 0.2) is 0 Å². The van der Waals surface area contributed by atoms with Crippen LogP contribution in [0.25, 0.3) is 0 Å². The minimum Gasteiger partial charge on any atom is -0.370 e. The van der Waals surface area contributed by atoms with E-state index in [1.165, 1.54) is 0 Å². The molecule has 0 aromatic carbocycles. The number of amides is 9. The van der Waals surface area contributed by atoms with Crippen molar-refractivity contribution in [1.82, 2.24) is 42.5 Å². The maximum Gasteiger partial charge on any atom is 0.220 e. The van der Waals surface area contributed by atoms with Crippen LogP contribution in [0.3, 0.4) is 0 Å². The van der Waals surface area contributed by atoms with Gasteiger partial charge < -0.3 is 54.0 Å². The zero-order valence-electron chi connectivity index (χ0n) is 38.3.